The highest BCUT2D eigenvalue weighted by Gasteiger charge is 2.28. The normalized spacial score (nSPS) is 14.9. The number of aryl methyl sites for hydroxylation is 1. The number of hydrogen-bond acceptors (Lipinski definition) is 4. The number of methoxy groups -OCH3 is 1. The number of likely N-dealkylation sites (tertiary alicyclic amines) is 1. The number of rotatable bonds is 5. The zero-order valence-corrected chi connectivity index (χ0v) is 15.1. The van der Waals surface area contributed by atoms with E-state index < -0.39 is 10.0 Å². The van der Waals surface area contributed by atoms with E-state index in [2.05, 4.69) is 0 Å². The quantitative estimate of drug-likeness (QED) is 0.806. The van der Waals surface area contributed by atoms with Crippen LogP contribution in [-0.4, -0.2) is 52.2 Å². The minimum atomic E-state index is -3.64. The lowest BCUT2D eigenvalue weighted by Gasteiger charge is -2.26. The summed E-state index contributed by atoms with van der Waals surface area (Å²) in [6.45, 7) is 2.88. The third-order valence-corrected chi connectivity index (χ3v) is 5.40. The number of carbonyl (C=O) groups is 1. The van der Waals surface area contributed by atoms with E-state index in [1.165, 1.54) is 7.11 Å². The molecule has 0 bridgehead atoms. The Labute approximate surface area is 142 Å². The van der Waals surface area contributed by atoms with Crippen molar-refractivity contribution in [3.8, 4) is 5.75 Å². The van der Waals surface area contributed by atoms with Gasteiger partial charge in [0.2, 0.25) is 15.9 Å². The molecule has 0 saturated carbocycles. The van der Waals surface area contributed by atoms with Gasteiger partial charge in [0.05, 0.1) is 19.1 Å². The summed E-state index contributed by atoms with van der Waals surface area (Å²) in [5, 5.41) is 0.477. The zero-order valence-electron chi connectivity index (χ0n) is 13.5. The Morgan fingerprint density at radius 1 is 1.35 bits per heavy atom. The molecule has 0 N–H and O–H groups in total. The van der Waals surface area contributed by atoms with Gasteiger partial charge >= 0.3 is 0 Å². The summed E-state index contributed by atoms with van der Waals surface area (Å²) in [5.74, 6) is 0.114. The van der Waals surface area contributed by atoms with Gasteiger partial charge in [-0.3, -0.25) is 9.10 Å². The van der Waals surface area contributed by atoms with Crippen molar-refractivity contribution >= 4 is 33.2 Å². The van der Waals surface area contributed by atoms with Crippen LogP contribution < -0.4 is 9.04 Å². The van der Waals surface area contributed by atoms with Crippen molar-refractivity contribution in [2.45, 2.75) is 19.8 Å². The number of benzene rings is 1. The maximum absolute atomic E-state index is 12.4. The van der Waals surface area contributed by atoms with Crippen LogP contribution in [0.2, 0.25) is 5.02 Å². The Hall–Kier alpha value is -1.47. The summed E-state index contributed by atoms with van der Waals surface area (Å²) in [7, 11) is -2.20. The molecule has 1 aromatic rings. The minimum Gasteiger partial charge on any atom is -0.494 e. The van der Waals surface area contributed by atoms with Crippen LogP contribution in [0, 0.1) is 6.92 Å². The van der Waals surface area contributed by atoms with Crippen molar-refractivity contribution in [3.05, 3.63) is 22.7 Å². The summed E-state index contributed by atoms with van der Waals surface area (Å²) in [6, 6.07) is 3.18. The minimum absolute atomic E-state index is 0.206. The van der Waals surface area contributed by atoms with E-state index in [-0.39, 0.29) is 12.5 Å². The van der Waals surface area contributed by atoms with Crippen molar-refractivity contribution in [3.63, 3.8) is 0 Å². The number of carbonyl (C=O) groups excluding carboxylic acids is 1. The molecule has 1 amide bonds. The van der Waals surface area contributed by atoms with Gasteiger partial charge in [0, 0.05) is 24.2 Å². The van der Waals surface area contributed by atoms with E-state index in [9.17, 15) is 13.2 Å². The summed E-state index contributed by atoms with van der Waals surface area (Å²) in [5.41, 5.74) is 1.04. The Kier molecular flexibility index (Phi) is 5.41. The van der Waals surface area contributed by atoms with Crippen LogP contribution in [0.1, 0.15) is 18.4 Å². The van der Waals surface area contributed by atoms with Gasteiger partial charge in [-0.05, 0) is 31.4 Å². The lowest BCUT2D eigenvalue weighted by Crippen LogP contribution is -2.41. The third kappa shape index (κ3) is 4.09. The fourth-order valence-corrected chi connectivity index (χ4v) is 3.58. The number of hydrogen-bond donors (Lipinski definition) is 0. The molecule has 0 atom stereocenters. The molecule has 0 radical (unpaired) electrons. The summed E-state index contributed by atoms with van der Waals surface area (Å²) < 4.78 is 30.8. The van der Waals surface area contributed by atoms with Crippen LogP contribution in [0.4, 0.5) is 5.69 Å². The summed E-state index contributed by atoms with van der Waals surface area (Å²) in [6.07, 6.45) is 2.98. The molecular weight excluding hydrogens is 340 g/mol. The van der Waals surface area contributed by atoms with Gasteiger partial charge in [0.1, 0.15) is 12.3 Å². The molecule has 2 rings (SSSR count). The zero-order chi connectivity index (χ0) is 17.2. The fourth-order valence-electron chi connectivity index (χ4n) is 2.58. The summed E-state index contributed by atoms with van der Waals surface area (Å²) >= 11 is 6.07. The average molecular weight is 361 g/mol. The molecule has 1 fully saturated rings. The standard InChI is InChI=1S/C15H21ClN2O4S/c1-11-8-13(14(22-2)9-12(11)16)18(23(3,20)21)10-15(19)17-6-4-5-7-17/h8-9H,4-7,10H2,1-3H3. The van der Waals surface area contributed by atoms with E-state index in [4.69, 9.17) is 16.3 Å². The molecule has 1 aromatic carbocycles. The smallest absolute Gasteiger partial charge is 0.243 e. The van der Waals surface area contributed by atoms with E-state index >= 15 is 0 Å². The first kappa shape index (κ1) is 17.9. The first-order chi connectivity index (χ1) is 10.7. The number of ether oxygens (including phenoxy) is 1. The van der Waals surface area contributed by atoms with Gasteiger partial charge in [0.25, 0.3) is 0 Å². The molecular formula is C15H21ClN2O4S. The predicted octanol–water partition coefficient (Wildman–Crippen LogP) is 2.05. The highest BCUT2D eigenvalue weighted by atomic mass is 35.5. The van der Waals surface area contributed by atoms with Gasteiger partial charge < -0.3 is 9.64 Å². The van der Waals surface area contributed by atoms with Crippen LogP contribution in [0.5, 0.6) is 5.75 Å². The number of nitrogens with zero attached hydrogens (tertiary/aromatic N) is 2. The van der Waals surface area contributed by atoms with E-state index in [1.807, 2.05) is 0 Å². The van der Waals surface area contributed by atoms with Crippen molar-refractivity contribution in [2.24, 2.45) is 0 Å². The largest absolute Gasteiger partial charge is 0.494 e. The van der Waals surface area contributed by atoms with Crippen LogP contribution in [0.3, 0.4) is 0 Å². The summed E-state index contributed by atoms with van der Waals surface area (Å²) in [4.78, 5) is 14.1. The number of halogens is 1. The van der Waals surface area contributed by atoms with Crippen molar-refractivity contribution in [2.75, 3.05) is 37.3 Å². The molecule has 1 saturated heterocycles. The predicted molar refractivity (Wildman–Crippen MR) is 90.7 cm³/mol. The van der Waals surface area contributed by atoms with Crippen LogP contribution in [-0.2, 0) is 14.8 Å². The Balaban J connectivity index is 2.40. The molecule has 1 aliphatic heterocycles. The molecule has 23 heavy (non-hydrogen) atoms. The number of anilines is 1. The van der Waals surface area contributed by atoms with E-state index in [0.29, 0.717) is 35.1 Å². The molecule has 0 aliphatic carbocycles. The van der Waals surface area contributed by atoms with Crippen molar-refractivity contribution in [1.29, 1.82) is 0 Å². The second-order valence-electron chi connectivity index (χ2n) is 5.63. The maximum Gasteiger partial charge on any atom is 0.243 e. The lowest BCUT2D eigenvalue weighted by molar-refractivity contribution is -0.128. The van der Waals surface area contributed by atoms with Crippen LogP contribution in [0.25, 0.3) is 0 Å². The second-order valence-corrected chi connectivity index (χ2v) is 7.94. The van der Waals surface area contributed by atoms with Gasteiger partial charge in [-0.25, -0.2) is 8.42 Å². The highest BCUT2D eigenvalue weighted by Crippen LogP contribution is 2.35. The topological polar surface area (TPSA) is 66.9 Å². The molecule has 0 spiro atoms. The molecule has 0 aromatic heterocycles. The second kappa shape index (κ2) is 6.97. The molecule has 1 aliphatic rings. The van der Waals surface area contributed by atoms with Gasteiger partial charge in [-0.2, -0.15) is 0 Å². The lowest BCUT2D eigenvalue weighted by atomic mass is 10.2. The van der Waals surface area contributed by atoms with Crippen molar-refractivity contribution < 1.29 is 17.9 Å². The Bertz CT molecular complexity index is 700. The van der Waals surface area contributed by atoms with Gasteiger partial charge in [-0.15, -0.1) is 0 Å². The molecule has 6 nitrogen and oxygen atoms in total. The molecule has 0 unspecified atom stereocenters. The molecule has 1 heterocycles. The van der Waals surface area contributed by atoms with Crippen molar-refractivity contribution in [1.82, 2.24) is 4.90 Å². The van der Waals surface area contributed by atoms with E-state index in [0.717, 1.165) is 23.4 Å². The Morgan fingerprint density at radius 2 is 1.96 bits per heavy atom. The first-order valence-electron chi connectivity index (χ1n) is 7.33. The van der Waals surface area contributed by atoms with Gasteiger partial charge in [-0.1, -0.05) is 11.6 Å². The molecule has 8 heteroatoms. The third-order valence-electron chi connectivity index (χ3n) is 3.87. The first-order valence-corrected chi connectivity index (χ1v) is 9.56. The van der Waals surface area contributed by atoms with Crippen LogP contribution in [0.15, 0.2) is 12.1 Å². The number of sulfonamides is 1. The fraction of sp³-hybridized carbons (Fsp3) is 0.533. The SMILES string of the molecule is COc1cc(Cl)c(C)cc1N(CC(=O)N1CCCC1)S(C)(=O)=O. The molecule has 128 valence electrons. The highest BCUT2D eigenvalue weighted by molar-refractivity contribution is 7.92. The van der Waals surface area contributed by atoms with Gasteiger partial charge in [0.15, 0.2) is 0 Å². The number of amides is 1. The monoisotopic (exact) mass is 360 g/mol. The van der Waals surface area contributed by atoms with Crippen LogP contribution >= 0.6 is 11.6 Å². The van der Waals surface area contributed by atoms with E-state index in [1.54, 1.807) is 24.0 Å². The maximum atomic E-state index is 12.4. The Morgan fingerprint density at radius 3 is 2.48 bits per heavy atom. The average Bonchev–Trinajstić information content (AvgIpc) is 3.00.